The normalized spacial score (nSPS) is 36.0. The first kappa shape index (κ1) is 12.0. The van der Waals surface area contributed by atoms with Crippen LogP contribution in [-0.2, 0) is 9.59 Å². The van der Waals surface area contributed by atoms with Crippen LogP contribution in [0.25, 0.3) is 0 Å². The third kappa shape index (κ3) is 2.02. The van der Waals surface area contributed by atoms with Crippen molar-refractivity contribution in [1.29, 1.82) is 0 Å². The predicted molar refractivity (Wildman–Crippen MR) is 65.9 cm³/mol. The van der Waals surface area contributed by atoms with Gasteiger partial charge in [-0.2, -0.15) is 0 Å². The first-order valence-corrected chi connectivity index (χ1v) is 7.22. The van der Waals surface area contributed by atoms with E-state index >= 15 is 0 Å². The second-order valence-electron chi connectivity index (χ2n) is 6.07. The van der Waals surface area contributed by atoms with E-state index in [2.05, 4.69) is 0 Å². The van der Waals surface area contributed by atoms with Crippen molar-refractivity contribution in [3.8, 4) is 0 Å². The Morgan fingerprint density at radius 3 is 2.33 bits per heavy atom. The summed E-state index contributed by atoms with van der Waals surface area (Å²) in [7, 11) is 0. The summed E-state index contributed by atoms with van der Waals surface area (Å²) >= 11 is 0. The van der Waals surface area contributed by atoms with Gasteiger partial charge in [-0.15, -0.1) is 0 Å². The molecular formula is C14H21NO3. The highest BCUT2D eigenvalue weighted by Crippen LogP contribution is 2.43. The van der Waals surface area contributed by atoms with Gasteiger partial charge in [0.25, 0.3) is 0 Å². The number of carbonyl (C=O) groups excluding carboxylic acids is 1. The van der Waals surface area contributed by atoms with Gasteiger partial charge in [-0.3, -0.25) is 9.59 Å². The molecular weight excluding hydrogens is 230 g/mol. The summed E-state index contributed by atoms with van der Waals surface area (Å²) in [5.74, 6) is -0.618. The summed E-state index contributed by atoms with van der Waals surface area (Å²) in [4.78, 5) is 25.2. The number of likely N-dealkylation sites (tertiary alicyclic amines) is 1. The molecule has 4 nitrogen and oxygen atoms in total. The van der Waals surface area contributed by atoms with Crippen molar-refractivity contribution in [3.05, 3.63) is 0 Å². The van der Waals surface area contributed by atoms with E-state index in [1.54, 1.807) is 0 Å². The lowest BCUT2D eigenvalue weighted by molar-refractivity contribution is -0.142. The zero-order chi connectivity index (χ0) is 12.7. The van der Waals surface area contributed by atoms with Crippen molar-refractivity contribution in [2.45, 2.75) is 51.0 Å². The molecule has 2 saturated carbocycles. The van der Waals surface area contributed by atoms with Crippen LogP contribution >= 0.6 is 0 Å². The summed E-state index contributed by atoms with van der Waals surface area (Å²) in [6.45, 7) is 0.850. The molecule has 1 aliphatic heterocycles. The minimum Gasteiger partial charge on any atom is -0.481 e. The number of hydrogen-bond acceptors (Lipinski definition) is 2. The third-order valence-electron chi connectivity index (χ3n) is 4.95. The number of amides is 1. The minimum atomic E-state index is -0.801. The van der Waals surface area contributed by atoms with E-state index in [0.717, 1.165) is 19.4 Å². The monoisotopic (exact) mass is 251 g/mol. The van der Waals surface area contributed by atoms with E-state index in [4.69, 9.17) is 5.11 Å². The second kappa shape index (κ2) is 4.56. The molecule has 18 heavy (non-hydrogen) atoms. The molecule has 100 valence electrons. The van der Waals surface area contributed by atoms with Gasteiger partial charge in [-0.1, -0.05) is 12.8 Å². The molecule has 3 rings (SSSR count). The summed E-state index contributed by atoms with van der Waals surface area (Å²) in [5, 5.41) is 8.92. The van der Waals surface area contributed by atoms with Crippen LogP contribution in [0.3, 0.4) is 0 Å². The van der Waals surface area contributed by atoms with Gasteiger partial charge in [0.1, 0.15) is 0 Å². The first-order chi connectivity index (χ1) is 8.68. The van der Waals surface area contributed by atoms with Crippen LogP contribution in [0.15, 0.2) is 0 Å². The van der Waals surface area contributed by atoms with Crippen molar-refractivity contribution < 1.29 is 14.7 Å². The molecule has 1 N–H and O–H groups in total. The Labute approximate surface area is 107 Å². The van der Waals surface area contributed by atoms with E-state index in [1.165, 1.54) is 25.7 Å². The topological polar surface area (TPSA) is 57.6 Å². The maximum Gasteiger partial charge on any atom is 0.307 e. The van der Waals surface area contributed by atoms with Crippen LogP contribution in [0.5, 0.6) is 0 Å². The fraction of sp³-hybridized carbons (Fsp3) is 0.857. The average molecular weight is 251 g/mol. The number of hydrogen-bond donors (Lipinski definition) is 1. The number of nitrogens with zero attached hydrogens (tertiary/aromatic N) is 1. The first-order valence-electron chi connectivity index (χ1n) is 7.22. The maximum atomic E-state index is 12.4. The van der Waals surface area contributed by atoms with Gasteiger partial charge in [0.15, 0.2) is 0 Å². The minimum absolute atomic E-state index is 0.122. The highest BCUT2D eigenvalue weighted by Gasteiger charge is 2.51. The molecule has 3 atom stereocenters. The Kier molecular flexibility index (Phi) is 3.04. The smallest absolute Gasteiger partial charge is 0.307 e. The summed E-state index contributed by atoms with van der Waals surface area (Å²) in [6, 6.07) is 0.412. The van der Waals surface area contributed by atoms with E-state index in [0.29, 0.717) is 18.4 Å². The maximum absolute atomic E-state index is 12.4. The number of carboxylic acids is 1. The van der Waals surface area contributed by atoms with Gasteiger partial charge < -0.3 is 10.0 Å². The number of aliphatic carboxylic acids is 1. The molecule has 2 aliphatic carbocycles. The van der Waals surface area contributed by atoms with Gasteiger partial charge >= 0.3 is 5.97 Å². The Hall–Kier alpha value is -1.06. The Bertz CT molecular complexity index is 362. The lowest BCUT2D eigenvalue weighted by atomic mass is 9.96. The van der Waals surface area contributed by atoms with Crippen LogP contribution < -0.4 is 0 Å². The molecule has 0 spiro atoms. The number of carbonyl (C=O) groups is 2. The van der Waals surface area contributed by atoms with E-state index in [9.17, 15) is 9.59 Å². The highest BCUT2D eigenvalue weighted by atomic mass is 16.4. The summed E-state index contributed by atoms with van der Waals surface area (Å²) in [6.07, 6.45) is 7.87. The fourth-order valence-corrected chi connectivity index (χ4v) is 3.85. The van der Waals surface area contributed by atoms with E-state index in [-0.39, 0.29) is 11.8 Å². The molecule has 1 amide bonds. The highest BCUT2D eigenvalue weighted by molar-refractivity contribution is 5.89. The average Bonchev–Trinajstić information content (AvgIpc) is 2.78. The zero-order valence-electron chi connectivity index (χ0n) is 10.7. The lowest BCUT2D eigenvalue weighted by Gasteiger charge is -2.29. The number of rotatable bonds is 3. The van der Waals surface area contributed by atoms with Crippen LogP contribution in [0, 0.1) is 17.8 Å². The molecule has 4 heteroatoms. The molecule has 3 aliphatic rings. The molecule has 3 fully saturated rings. The van der Waals surface area contributed by atoms with Gasteiger partial charge in [-0.25, -0.2) is 0 Å². The summed E-state index contributed by atoms with van der Waals surface area (Å²) in [5.41, 5.74) is 0. The Balaban J connectivity index is 1.64. The van der Waals surface area contributed by atoms with Crippen molar-refractivity contribution in [3.63, 3.8) is 0 Å². The third-order valence-corrected chi connectivity index (χ3v) is 4.95. The van der Waals surface area contributed by atoms with E-state index in [1.807, 2.05) is 4.90 Å². The van der Waals surface area contributed by atoms with Crippen molar-refractivity contribution in [2.75, 3.05) is 6.54 Å². The molecule has 0 aromatic carbocycles. The molecule has 0 radical (unpaired) electrons. The number of carboxylic acid groups (broad SMARTS) is 1. The second-order valence-corrected chi connectivity index (χ2v) is 6.07. The van der Waals surface area contributed by atoms with Gasteiger partial charge in [0, 0.05) is 12.6 Å². The molecule has 0 aromatic rings. The van der Waals surface area contributed by atoms with E-state index < -0.39 is 11.9 Å². The Morgan fingerprint density at radius 2 is 1.72 bits per heavy atom. The van der Waals surface area contributed by atoms with Crippen molar-refractivity contribution in [1.82, 2.24) is 4.90 Å². The largest absolute Gasteiger partial charge is 0.481 e. The predicted octanol–water partition coefficient (Wildman–Crippen LogP) is 1.89. The Morgan fingerprint density at radius 1 is 1.00 bits per heavy atom. The van der Waals surface area contributed by atoms with Crippen LogP contribution in [0.2, 0.25) is 0 Å². The van der Waals surface area contributed by atoms with Crippen LogP contribution in [-0.4, -0.2) is 34.5 Å². The lowest BCUT2D eigenvalue weighted by Crippen LogP contribution is -2.40. The van der Waals surface area contributed by atoms with Crippen LogP contribution in [0.4, 0.5) is 0 Å². The van der Waals surface area contributed by atoms with Crippen LogP contribution in [0.1, 0.15) is 44.9 Å². The standard InChI is InChI=1S/C14H21NO3/c16-13(10-8-11(10)14(17)18)15-7-3-6-12(15)9-4-1-2-5-9/h9-12H,1-8H2,(H,17,18). The molecule has 1 saturated heterocycles. The SMILES string of the molecule is O=C(O)C1CC1C(=O)N1CCCC1C1CCCC1. The van der Waals surface area contributed by atoms with Crippen molar-refractivity contribution >= 4 is 11.9 Å². The molecule has 0 aromatic heterocycles. The van der Waals surface area contributed by atoms with Gasteiger partial charge in [0.05, 0.1) is 11.8 Å². The molecule has 0 bridgehead atoms. The quantitative estimate of drug-likeness (QED) is 0.833. The molecule has 3 unspecified atom stereocenters. The fourth-order valence-electron chi connectivity index (χ4n) is 3.85. The van der Waals surface area contributed by atoms with Gasteiger partial charge in [0.2, 0.25) is 5.91 Å². The molecule has 1 heterocycles. The van der Waals surface area contributed by atoms with Gasteiger partial charge in [-0.05, 0) is 38.0 Å². The van der Waals surface area contributed by atoms with Crippen molar-refractivity contribution in [2.24, 2.45) is 17.8 Å². The summed E-state index contributed by atoms with van der Waals surface area (Å²) < 4.78 is 0. The zero-order valence-corrected chi connectivity index (χ0v) is 10.7.